The molecular weight excluding hydrogens is 307 g/mol. The SMILES string of the molecule is O=C(NCC(=O)N1CCC(c2ccc(F)cc2)C1)c1ccccc1. The van der Waals surface area contributed by atoms with Crippen LogP contribution >= 0.6 is 0 Å². The summed E-state index contributed by atoms with van der Waals surface area (Å²) < 4.78 is 13.0. The fourth-order valence-electron chi connectivity index (χ4n) is 2.95. The molecule has 0 saturated carbocycles. The average molecular weight is 326 g/mol. The van der Waals surface area contributed by atoms with Gasteiger partial charge in [0, 0.05) is 24.6 Å². The van der Waals surface area contributed by atoms with E-state index in [4.69, 9.17) is 0 Å². The minimum absolute atomic E-state index is 0.0101. The van der Waals surface area contributed by atoms with E-state index in [9.17, 15) is 14.0 Å². The maximum absolute atomic E-state index is 13.0. The van der Waals surface area contributed by atoms with Crippen molar-refractivity contribution in [2.45, 2.75) is 12.3 Å². The van der Waals surface area contributed by atoms with Gasteiger partial charge in [-0.15, -0.1) is 0 Å². The normalized spacial score (nSPS) is 16.9. The summed E-state index contributed by atoms with van der Waals surface area (Å²) in [5.74, 6) is -0.380. The Morgan fingerprint density at radius 2 is 1.79 bits per heavy atom. The second-order valence-corrected chi connectivity index (χ2v) is 5.93. The van der Waals surface area contributed by atoms with Crippen LogP contribution in [0.4, 0.5) is 4.39 Å². The molecule has 1 aliphatic heterocycles. The molecule has 1 heterocycles. The minimum Gasteiger partial charge on any atom is -0.343 e. The van der Waals surface area contributed by atoms with Crippen LogP contribution in [0.5, 0.6) is 0 Å². The number of carbonyl (C=O) groups is 2. The van der Waals surface area contributed by atoms with Gasteiger partial charge in [0.1, 0.15) is 5.82 Å². The van der Waals surface area contributed by atoms with Crippen LogP contribution in [-0.4, -0.2) is 36.3 Å². The van der Waals surface area contributed by atoms with E-state index < -0.39 is 0 Å². The zero-order chi connectivity index (χ0) is 16.9. The summed E-state index contributed by atoms with van der Waals surface area (Å²) in [6.07, 6.45) is 0.851. The van der Waals surface area contributed by atoms with Gasteiger partial charge in [0.25, 0.3) is 5.91 Å². The van der Waals surface area contributed by atoms with Gasteiger partial charge in [0.2, 0.25) is 5.91 Å². The Morgan fingerprint density at radius 3 is 2.50 bits per heavy atom. The van der Waals surface area contributed by atoms with Gasteiger partial charge < -0.3 is 10.2 Å². The van der Waals surface area contributed by atoms with Gasteiger partial charge in [-0.1, -0.05) is 30.3 Å². The lowest BCUT2D eigenvalue weighted by molar-refractivity contribution is -0.129. The first-order valence-corrected chi connectivity index (χ1v) is 8.00. The molecule has 1 fully saturated rings. The van der Waals surface area contributed by atoms with Gasteiger partial charge in [-0.25, -0.2) is 4.39 Å². The standard InChI is InChI=1S/C19H19FN2O2/c20-17-8-6-14(7-9-17)16-10-11-22(13-16)18(23)12-21-19(24)15-4-2-1-3-5-15/h1-9,16H,10-13H2,(H,21,24). The number of likely N-dealkylation sites (tertiary alicyclic amines) is 1. The van der Waals surface area contributed by atoms with Crippen LogP contribution in [0, 0.1) is 5.82 Å². The molecular formula is C19H19FN2O2. The predicted molar refractivity (Wildman–Crippen MR) is 89.1 cm³/mol. The molecule has 1 unspecified atom stereocenters. The number of halogens is 1. The predicted octanol–water partition coefficient (Wildman–Crippen LogP) is 2.57. The molecule has 1 atom stereocenters. The molecule has 0 aliphatic carbocycles. The summed E-state index contributed by atoms with van der Waals surface area (Å²) in [6, 6.07) is 15.2. The second kappa shape index (κ2) is 7.25. The first kappa shape index (κ1) is 16.2. The van der Waals surface area contributed by atoms with Crippen LogP contribution in [0.25, 0.3) is 0 Å². The zero-order valence-electron chi connectivity index (χ0n) is 13.2. The third-order valence-corrected chi connectivity index (χ3v) is 4.32. The zero-order valence-corrected chi connectivity index (χ0v) is 13.2. The summed E-state index contributed by atoms with van der Waals surface area (Å²) in [5, 5.41) is 2.66. The average Bonchev–Trinajstić information content (AvgIpc) is 3.11. The first-order valence-electron chi connectivity index (χ1n) is 8.00. The van der Waals surface area contributed by atoms with Crippen molar-refractivity contribution in [2.24, 2.45) is 0 Å². The Balaban J connectivity index is 1.51. The van der Waals surface area contributed by atoms with Gasteiger partial charge in [-0.3, -0.25) is 9.59 Å². The second-order valence-electron chi connectivity index (χ2n) is 5.93. The highest BCUT2D eigenvalue weighted by Crippen LogP contribution is 2.27. The van der Waals surface area contributed by atoms with Crippen LogP contribution in [0.15, 0.2) is 54.6 Å². The van der Waals surface area contributed by atoms with Gasteiger partial charge in [-0.2, -0.15) is 0 Å². The number of benzene rings is 2. The lowest BCUT2D eigenvalue weighted by Gasteiger charge is -2.17. The molecule has 4 nitrogen and oxygen atoms in total. The number of amides is 2. The van der Waals surface area contributed by atoms with Crippen LogP contribution in [0.1, 0.15) is 28.3 Å². The van der Waals surface area contributed by atoms with Crippen LogP contribution < -0.4 is 5.32 Å². The van der Waals surface area contributed by atoms with Crippen molar-refractivity contribution in [2.75, 3.05) is 19.6 Å². The Hall–Kier alpha value is -2.69. The highest BCUT2D eigenvalue weighted by Gasteiger charge is 2.27. The summed E-state index contributed by atoms with van der Waals surface area (Å²) in [7, 11) is 0. The quantitative estimate of drug-likeness (QED) is 0.939. The summed E-state index contributed by atoms with van der Waals surface area (Å²) >= 11 is 0. The third kappa shape index (κ3) is 3.79. The Labute approximate surface area is 140 Å². The van der Waals surface area contributed by atoms with E-state index in [2.05, 4.69) is 5.32 Å². The van der Waals surface area contributed by atoms with Crippen molar-refractivity contribution in [1.29, 1.82) is 0 Å². The number of rotatable bonds is 4. The lowest BCUT2D eigenvalue weighted by atomic mass is 9.99. The molecule has 3 rings (SSSR count). The van der Waals surface area contributed by atoms with E-state index in [1.807, 2.05) is 6.07 Å². The van der Waals surface area contributed by atoms with E-state index in [-0.39, 0.29) is 30.1 Å². The molecule has 0 bridgehead atoms. The van der Waals surface area contributed by atoms with Crippen LogP contribution in [0.2, 0.25) is 0 Å². The highest BCUT2D eigenvalue weighted by molar-refractivity contribution is 5.96. The van der Waals surface area contributed by atoms with Crippen molar-refractivity contribution in [3.8, 4) is 0 Å². The minimum atomic E-state index is -0.256. The van der Waals surface area contributed by atoms with Crippen molar-refractivity contribution in [1.82, 2.24) is 10.2 Å². The molecule has 24 heavy (non-hydrogen) atoms. The Bertz CT molecular complexity index is 716. The summed E-state index contributed by atoms with van der Waals surface area (Å²) in [6.45, 7) is 1.25. The van der Waals surface area contributed by atoms with Crippen LogP contribution in [-0.2, 0) is 4.79 Å². The topological polar surface area (TPSA) is 49.4 Å². The molecule has 0 aromatic heterocycles. The molecule has 0 radical (unpaired) electrons. The number of hydrogen-bond donors (Lipinski definition) is 1. The molecule has 2 aromatic rings. The molecule has 2 aromatic carbocycles. The molecule has 1 N–H and O–H groups in total. The number of nitrogens with zero attached hydrogens (tertiary/aromatic N) is 1. The molecule has 0 spiro atoms. The van der Waals surface area contributed by atoms with Crippen molar-refractivity contribution < 1.29 is 14.0 Å². The lowest BCUT2D eigenvalue weighted by Crippen LogP contribution is -2.39. The molecule has 1 saturated heterocycles. The van der Waals surface area contributed by atoms with Gasteiger partial charge in [0.05, 0.1) is 6.54 Å². The van der Waals surface area contributed by atoms with E-state index in [1.54, 1.807) is 41.3 Å². The van der Waals surface area contributed by atoms with Gasteiger partial charge in [0.15, 0.2) is 0 Å². The fourth-order valence-corrected chi connectivity index (χ4v) is 2.95. The Morgan fingerprint density at radius 1 is 1.08 bits per heavy atom. The monoisotopic (exact) mass is 326 g/mol. The summed E-state index contributed by atoms with van der Waals surface area (Å²) in [4.78, 5) is 26.0. The molecule has 2 amide bonds. The molecule has 1 aliphatic rings. The summed E-state index contributed by atoms with van der Waals surface area (Å²) in [5.41, 5.74) is 1.58. The van der Waals surface area contributed by atoms with E-state index in [1.165, 1.54) is 12.1 Å². The smallest absolute Gasteiger partial charge is 0.251 e. The number of hydrogen-bond acceptors (Lipinski definition) is 2. The number of carbonyl (C=O) groups excluding carboxylic acids is 2. The maximum atomic E-state index is 13.0. The number of nitrogens with one attached hydrogen (secondary N) is 1. The van der Waals surface area contributed by atoms with Gasteiger partial charge >= 0.3 is 0 Å². The molecule has 124 valence electrons. The van der Waals surface area contributed by atoms with Crippen molar-refractivity contribution >= 4 is 11.8 Å². The first-order chi connectivity index (χ1) is 11.6. The maximum Gasteiger partial charge on any atom is 0.251 e. The molecule has 5 heteroatoms. The van der Waals surface area contributed by atoms with Crippen LogP contribution in [0.3, 0.4) is 0 Å². The van der Waals surface area contributed by atoms with Gasteiger partial charge in [-0.05, 0) is 36.2 Å². The van der Waals surface area contributed by atoms with E-state index in [0.29, 0.717) is 18.7 Å². The third-order valence-electron chi connectivity index (χ3n) is 4.32. The van der Waals surface area contributed by atoms with E-state index in [0.717, 1.165) is 12.0 Å². The van der Waals surface area contributed by atoms with Crippen molar-refractivity contribution in [3.63, 3.8) is 0 Å². The van der Waals surface area contributed by atoms with E-state index >= 15 is 0 Å². The largest absolute Gasteiger partial charge is 0.343 e. The van der Waals surface area contributed by atoms with Crippen molar-refractivity contribution in [3.05, 3.63) is 71.5 Å². The highest BCUT2D eigenvalue weighted by atomic mass is 19.1. The Kier molecular flexibility index (Phi) is 4.89. The fraction of sp³-hybridized carbons (Fsp3) is 0.263.